The van der Waals surface area contributed by atoms with Crippen molar-refractivity contribution >= 4 is 11.9 Å². The number of carbonyl (C=O) groups excluding carboxylic acids is 2. The molecule has 4 nitrogen and oxygen atoms in total. The van der Waals surface area contributed by atoms with Crippen LogP contribution in [0.4, 0.5) is 0 Å². The average Bonchev–Trinajstić information content (AvgIpc) is 2.67. The zero-order valence-corrected chi connectivity index (χ0v) is 19.7. The van der Waals surface area contributed by atoms with Crippen LogP contribution in [0.2, 0.25) is 0 Å². The van der Waals surface area contributed by atoms with Crippen molar-refractivity contribution in [2.45, 2.75) is 89.9 Å². The standard InChI is InChI=1S/2C11H18O2.Zn/c2*12-11(13)10-7-3-5-8-4-1-2-6-9(8)10;/h2*8-10H,1-7H2,(H,12,13);/q;;+2/p-2. The third-order valence-electron chi connectivity index (χ3n) is 7.75. The minimum absolute atomic E-state index is 0. The van der Waals surface area contributed by atoms with Gasteiger partial charge in [0.15, 0.2) is 0 Å². The van der Waals surface area contributed by atoms with Crippen LogP contribution in [0.25, 0.3) is 0 Å². The second-order valence-corrected chi connectivity index (χ2v) is 9.13. The maximum atomic E-state index is 10.9. The van der Waals surface area contributed by atoms with Crippen molar-refractivity contribution in [3.05, 3.63) is 0 Å². The van der Waals surface area contributed by atoms with Gasteiger partial charge >= 0.3 is 19.5 Å². The Morgan fingerprint density at radius 2 is 0.852 bits per heavy atom. The second-order valence-electron chi connectivity index (χ2n) is 9.13. The Hall–Kier alpha value is -0.437. The number of carbonyl (C=O) groups is 2. The molecule has 0 aliphatic heterocycles. The monoisotopic (exact) mass is 426 g/mol. The largest absolute Gasteiger partial charge is 2.00 e. The first-order chi connectivity index (χ1) is 12.6. The van der Waals surface area contributed by atoms with Crippen LogP contribution < -0.4 is 10.2 Å². The minimum Gasteiger partial charge on any atom is -0.550 e. The van der Waals surface area contributed by atoms with Crippen LogP contribution in [0.3, 0.4) is 0 Å². The van der Waals surface area contributed by atoms with Crippen molar-refractivity contribution < 1.29 is 39.3 Å². The number of hydrogen-bond donors (Lipinski definition) is 0. The van der Waals surface area contributed by atoms with Crippen molar-refractivity contribution in [3.63, 3.8) is 0 Å². The molecule has 0 amide bonds. The molecule has 4 rings (SSSR count). The van der Waals surface area contributed by atoms with Gasteiger partial charge in [-0.3, -0.25) is 0 Å². The first kappa shape index (κ1) is 22.8. The minimum atomic E-state index is -0.795. The molecule has 0 saturated heterocycles. The van der Waals surface area contributed by atoms with Gasteiger partial charge in [-0.1, -0.05) is 64.2 Å². The average molecular weight is 428 g/mol. The molecule has 27 heavy (non-hydrogen) atoms. The van der Waals surface area contributed by atoms with Crippen LogP contribution in [-0.2, 0) is 29.1 Å². The number of hydrogen-bond acceptors (Lipinski definition) is 4. The zero-order chi connectivity index (χ0) is 18.5. The summed E-state index contributed by atoms with van der Waals surface area (Å²) in [5, 5.41) is 21.8. The van der Waals surface area contributed by atoms with Crippen molar-refractivity contribution in [2.75, 3.05) is 0 Å². The normalized spacial score (nSPS) is 38.1. The number of aliphatic carboxylic acids is 2. The van der Waals surface area contributed by atoms with E-state index >= 15 is 0 Å². The molecule has 0 aromatic rings. The summed E-state index contributed by atoms with van der Waals surface area (Å²) in [5.41, 5.74) is 0. The molecule has 0 bridgehead atoms. The van der Waals surface area contributed by atoms with Gasteiger partial charge < -0.3 is 19.8 Å². The maximum absolute atomic E-state index is 10.9. The Bertz CT molecular complexity index is 447. The second kappa shape index (κ2) is 10.9. The van der Waals surface area contributed by atoms with E-state index < -0.39 is 11.9 Å². The molecule has 0 radical (unpaired) electrons. The van der Waals surface area contributed by atoms with E-state index in [-0.39, 0.29) is 31.3 Å². The third-order valence-corrected chi connectivity index (χ3v) is 7.75. The molecule has 5 heteroatoms. The topological polar surface area (TPSA) is 80.3 Å². The summed E-state index contributed by atoms with van der Waals surface area (Å²) >= 11 is 0. The van der Waals surface area contributed by atoms with Crippen molar-refractivity contribution in [1.29, 1.82) is 0 Å². The SMILES string of the molecule is O=C([O-])C1CCCC2CCCCC21.O=C([O-])C1CCCC2CCCCC21.[Zn+2]. The molecule has 0 N–H and O–H groups in total. The number of carboxylic acids is 2. The fourth-order valence-corrected chi connectivity index (χ4v) is 6.46. The molecule has 4 aliphatic rings. The van der Waals surface area contributed by atoms with E-state index in [0.29, 0.717) is 23.7 Å². The van der Waals surface area contributed by atoms with Crippen LogP contribution in [0.15, 0.2) is 0 Å². The van der Waals surface area contributed by atoms with Gasteiger partial charge in [0.05, 0.1) is 0 Å². The predicted octanol–water partition coefficient (Wildman–Crippen LogP) is 2.68. The molecule has 4 saturated carbocycles. The van der Waals surface area contributed by atoms with Gasteiger partial charge in [-0.2, -0.15) is 0 Å². The van der Waals surface area contributed by atoms with Gasteiger partial charge in [0.2, 0.25) is 0 Å². The van der Waals surface area contributed by atoms with E-state index in [4.69, 9.17) is 0 Å². The predicted molar refractivity (Wildman–Crippen MR) is 95.6 cm³/mol. The van der Waals surface area contributed by atoms with Gasteiger partial charge in [0.1, 0.15) is 0 Å². The summed E-state index contributed by atoms with van der Waals surface area (Å²) in [4.78, 5) is 21.8. The fraction of sp³-hybridized carbons (Fsp3) is 0.909. The third kappa shape index (κ3) is 5.78. The molecule has 0 aromatic heterocycles. The number of fused-ring (bicyclic) bond motifs is 2. The van der Waals surface area contributed by atoms with Crippen LogP contribution in [0, 0.1) is 35.5 Å². The Morgan fingerprint density at radius 1 is 0.519 bits per heavy atom. The molecule has 6 unspecified atom stereocenters. The first-order valence-corrected chi connectivity index (χ1v) is 11.0. The number of rotatable bonds is 2. The Labute approximate surface area is 176 Å². The van der Waals surface area contributed by atoms with E-state index in [1.54, 1.807) is 0 Å². The van der Waals surface area contributed by atoms with E-state index in [0.717, 1.165) is 38.5 Å². The Kier molecular flexibility index (Phi) is 9.25. The first-order valence-electron chi connectivity index (χ1n) is 11.0. The summed E-state index contributed by atoms with van der Waals surface area (Å²) < 4.78 is 0. The zero-order valence-electron chi connectivity index (χ0n) is 16.7. The van der Waals surface area contributed by atoms with Gasteiger partial charge in [-0.15, -0.1) is 0 Å². The maximum Gasteiger partial charge on any atom is 2.00 e. The van der Waals surface area contributed by atoms with Crippen molar-refractivity contribution in [3.8, 4) is 0 Å². The van der Waals surface area contributed by atoms with Crippen LogP contribution in [-0.4, -0.2) is 11.9 Å². The molecule has 148 valence electrons. The summed E-state index contributed by atoms with van der Waals surface area (Å²) in [7, 11) is 0. The molecule has 6 atom stereocenters. The molecule has 4 fully saturated rings. The smallest absolute Gasteiger partial charge is 0.550 e. The van der Waals surface area contributed by atoms with E-state index in [1.165, 1.54) is 51.4 Å². The number of carboxylic acid groups (broad SMARTS) is 2. The molecular weight excluding hydrogens is 394 g/mol. The van der Waals surface area contributed by atoms with Crippen LogP contribution >= 0.6 is 0 Å². The fourth-order valence-electron chi connectivity index (χ4n) is 6.46. The van der Waals surface area contributed by atoms with E-state index in [9.17, 15) is 19.8 Å². The summed E-state index contributed by atoms with van der Waals surface area (Å²) in [6.45, 7) is 0. The van der Waals surface area contributed by atoms with E-state index in [2.05, 4.69) is 0 Å². The molecular formula is C22H34O4Zn. The van der Waals surface area contributed by atoms with Crippen LogP contribution in [0.5, 0.6) is 0 Å². The van der Waals surface area contributed by atoms with Gasteiger partial charge in [-0.25, -0.2) is 0 Å². The quantitative estimate of drug-likeness (QED) is 0.634. The van der Waals surface area contributed by atoms with Crippen molar-refractivity contribution in [2.24, 2.45) is 35.5 Å². The van der Waals surface area contributed by atoms with E-state index in [1.807, 2.05) is 0 Å². The Morgan fingerprint density at radius 3 is 1.22 bits per heavy atom. The molecule has 0 heterocycles. The Balaban J connectivity index is 0.000000187. The molecule has 4 aliphatic carbocycles. The van der Waals surface area contributed by atoms with Gasteiger partial charge in [0.25, 0.3) is 0 Å². The summed E-state index contributed by atoms with van der Waals surface area (Å²) in [6.07, 6.45) is 16.3. The summed E-state index contributed by atoms with van der Waals surface area (Å²) in [5.74, 6) is 0.460. The van der Waals surface area contributed by atoms with Crippen molar-refractivity contribution in [1.82, 2.24) is 0 Å². The van der Waals surface area contributed by atoms with Crippen LogP contribution in [0.1, 0.15) is 89.9 Å². The molecule has 0 spiro atoms. The summed E-state index contributed by atoms with van der Waals surface area (Å²) in [6, 6.07) is 0. The molecule has 0 aromatic carbocycles. The van der Waals surface area contributed by atoms with Gasteiger partial charge in [0, 0.05) is 23.8 Å². The van der Waals surface area contributed by atoms with Gasteiger partial charge in [-0.05, 0) is 49.4 Å².